The third kappa shape index (κ3) is 4.11. The summed E-state index contributed by atoms with van der Waals surface area (Å²) in [5.74, 6) is 1.02. The predicted molar refractivity (Wildman–Crippen MR) is 96.5 cm³/mol. The van der Waals surface area contributed by atoms with Crippen LogP contribution in [0.15, 0.2) is 24.5 Å². The van der Waals surface area contributed by atoms with Crippen LogP contribution in [0.3, 0.4) is 0 Å². The summed E-state index contributed by atoms with van der Waals surface area (Å²) < 4.78 is 13.4. The second-order valence-corrected chi connectivity index (χ2v) is 7.37. The average Bonchev–Trinajstić information content (AvgIpc) is 3.04. The number of hydrogen-bond donors (Lipinski definition) is 0. The molecule has 2 aromatic rings. The molecule has 0 bridgehead atoms. The minimum absolute atomic E-state index is 0.301. The van der Waals surface area contributed by atoms with Crippen LogP contribution in [0.4, 0.5) is 0 Å². The molecule has 0 spiro atoms. The minimum Gasteiger partial charge on any atom is -0.381 e. The maximum absolute atomic E-state index is 6.02. The van der Waals surface area contributed by atoms with Gasteiger partial charge in [0, 0.05) is 58.2 Å². The van der Waals surface area contributed by atoms with E-state index in [-0.39, 0.29) is 0 Å². The van der Waals surface area contributed by atoms with Gasteiger partial charge in [-0.05, 0) is 30.4 Å². The highest BCUT2D eigenvalue weighted by Crippen LogP contribution is 2.28. The molecule has 2 aromatic heterocycles. The summed E-state index contributed by atoms with van der Waals surface area (Å²) in [4.78, 5) is 6.67. The summed E-state index contributed by atoms with van der Waals surface area (Å²) in [5, 5.41) is 8.65. The second-order valence-electron chi connectivity index (χ2n) is 7.37. The molecule has 0 aromatic carbocycles. The number of ether oxygens (including phenoxy) is 2. The highest BCUT2D eigenvalue weighted by Gasteiger charge is 2.31. The SMILES string of the molecule is Cn1nnc2c1C(COCc1cccnc1)CN(CC1CCOCC1)C2. The fourth-order valence-electron chi connectivity index (χ4n) is 4.06. The van der Waals surface area contributed by atoms with Crippen LogP contribution in [0.2, 0.25) is 0 Å². The van der Waals surface area contributed by atoms with Crippen molar-refractivity contribution in [1.29, 1.82) is 0 Å². The highest BCUT2D eigenvalue weighted by atomic mass is 16.5. The van der Waals surface area contributed by atoms with E-state index in [0.29, 0.717) is 19.1 Å². The molecule has 0 radical (unpaired) electrons. The van der Waals surface area contributed by atoms with Crippen LogP contribution in [0, 0.1) is 5.92 Å². The van der Waals surface area contributed by atoms with E-state index in [1.807, 2.05) is 30.1 Å². The number of fused-ring (bicyclic) bond motifs is 1. The molecule has 4 heterocycles. The molecule has 2 aliphatic heterocycles. The van der Waals surface area contributed by atoms with E-state index >= 15 is 0 Å². The van der Waals surface area contributed by atoms with Gasteiger partial charge in [0.2, 0.25) is 0 Å². The lowest BCUT2D eigenvalue weighted by molar-refractivity contribution is 0.0417. The van der Waals surface area contributed by atoms with Gasteiger partial charge >= 0.3 is 0 Å². The van der Waals surface area contributed by atoms with E-state index in [0.717, 1.165) is 62.9 Å². The maximum Gasteiger partial charge on any atom is 0.100 e. The first-order valence-corrected chi connectivity index (χ1v) is 9.45. The zero-order valence-electron chi connectivity index (χ0n) is 15.4. The van der Waals surface area contributed by atoms with Gasteiger partial charge in [-0.3, -0.25) is 14.6 Å². The Kier molecular flexibility index (Phi) is 5.57. The van der Waals surface area contributed by atoms with Gasteiger partial charge in [0.05, 0.1) is 18.9 Å². The van der Waals surface area contributed by atoms with Crippen LogP contribution in [0.5, 0.6) is 0 Å². The average molecular weight is 357 g/mol. The number of aromatic nitrogens is 4. The zero-order valence-corrected chi connectivity index (χ0v) is 15.4. The van der Waals surface area contributed by atoms with Gasteiger partial charge in [0.1, 0.15) is 5.69 Å². The Hall–Kier alpha value is -1.83. The van der Waals surface area contributed by atoms with E-state index in [1.54, 1.807) is 6.20 Å². The van der Waals surface area contributed by atoms with Crippen molar-refractivity contribution in [3.63, 3.8) is 0 Å². The Morgan fingerprint density at radius 2 is 2.19 bits per heavy atom. The Morgan fingerprint density at radius 3 is 3.00 bits per heavy atom. The molecule has 1 fully saturated rings. The van der Waals surface area contributed by atoms with Crippen molar-refractivity contribution in [1.82, 2.24) is 24.9 Å². The summed E-state index contributed by atoms with van der Waals surface area (Å²) >= 11 is 0. The van der Waals surface area contributed by atoms with E-state index in [1.165, 1.54) is 5.69 Å². The lowest BCUT2D eigenvalue weighted by Crippen LogP contribution is -2.40. The van der Waals surface area contributed by atoms with Gasteiger partial charge in [-0.2, -0.15) is 0 Å². The lowest BCUT2D eigenvalue weighted by Gasteiger charge is -2.35. The summed E-state index contributed by atoms with van der Waals surface area (Å²) in [7, 11) is 1.98. The standard InChI is InChI=1S/C19H27N5O2/c1-23-19-17(14-26-13-16-3-2-6-20-9-16)11-24(12-18(19)21-22-23)10-15-4-7-25-8-5-15/h2-3,6,9,15,17H,4-5,7-8,10-14H2,1H3. The van der Waals surface area contributed by atoms with Gasteiger partial charge < -0.3 is 9.47 Å². The van der Waals surface area contributed by atoms with Crippen LogP contribution in [0.1, 0.15) is 35.7 Å². The number of nitrogens with zero attached hydrogens (tertiary/aromatic N) is 5. The maximum atomic E-state index is 6.02. The first-order chi connectivity index (χ1) is 12.8. The fourth-order valence-corrected chi connectivity index (χ4v) is 4.06. The van der Waals surface area contributed by atoms with Crippen LogP contribution in [-0.2, 0) is 29.7 Å². The van der Waals surface area contributed by atoms with Crippen LogP contribution in [-0.4, -0.2) is 57.8 Å². The molecule has 140 valence electrons. The number of rotatable bonds is 6. The molecule has 2 aliphatic rings. The van der Waals surface area contributed by atoms with Crippen molar-refractivity contribution in [3.8, 4) is 0 Å². The van der Waals surface area contributed by atoms with Crippen molar-refractivity contribution in [2.75, 3.05) is 32.9 Å². The molecular weight excluding hydrogens is 330 g/mol. The van der Waals surface area contributed by atoms with Crippen molar-refractivity contribution in [2.45, 2.75) is 31.9 Å². The topological polar surface area (TPSA) is 65.3 Å². The smallest absolute Gasteiger partial charge is 0.100 e. The largest absolute Gasteiger partial charge is 0.381 e. The van der Waals surface area contributed by atoms with Crippen LogP contribution >= 0.6 is 0 Å². The van der Waals surface area contributed by atoms with Crippen molar-refractivity contribution >= 4 is 0 Å². The van der Waals surface area contributed by atoms with Gasteiger partial charge in [0.25, 0.3) is 0 Å². The van der Waals surface area contributed by atoms with E-state index < -0.39 is 0 Å². The van der Waals surface area contributed by atoms with E-state index in [9.17, 15) is 0 Å². The van der Waals surface area contributed by atoms with E-state index in [4.69, 9.17) is 9.47 Å². The fraction of sp³-hybridized carbons (Fsp3) is 0.632. The molecule has 0 saturated carbocycles. The van der Waals surface area contributed by atoms with Gasteiger partial charge in [-0.15, -0.1) is 5.10 Å². The number of hydrogen-bond acceptors (Lipinski definition) is 6. The monoisotopic (exact) mass is 357 g/mol. The molecule has 4 rings (SSSR count). The summed E-state index contributed by atoms with van der Waals surface area (Å²) in [6.07, 6.45) is 5.96. The lowest BCUT2D eigenvalue weighted by atomic mass is 9.95. The Morgan fingerprint density at radius 1 is 1.31 bits per heavy atom. The predicted octanol–water partition coefficient (Wildman–Crippen LogP) is 1.75. The second kappa shape index (κ2) is 8.24. The van der Waals surface area contributed by atoms with Gasteiger partial charge in [0.15, 0.2) is 0 Å². The van der Waals surface area contributed by atoms with Crippen molar-refractivity contribution < 1.29 is 9.47 Å². The first kappa shape index (κ1) is 17.6. The zero-order chi connectivity index (χ0) is 17.8. The van der Waals surface area contributed by atoms with Crippen LogP contribution < -0.4 is 0 Å². The molecule has 7 heteroatoms. The Balaban J connectivity index is 1.39. The molecule has 1 atom stereocenters. The van der Waals surface area contributed by atoms with Gasteiger partial charge in [-0.25, -0.2) is 0 Å². The third-order valence-corrected chi connectivity index (χ3v) is 5.35. The minimum atomic E-state index is 0.301. The summed E-state index contributed by atoms with van der Waals surface area (Å²) in [6.45, 7) is 6.05. The molecule has 0 N–H and O–H groups in total. The molecule has 26 heavy (non-hydrogen) atoms. The Labute approximate surface area is 154 Å². The molecule has 0 amide bonds. The third-order valence-electron chi connectivity index (χ3n) is 5.35. The molecular formula is C19H27N5O2. The van der Waals surface area contributed by atoms with Gasteiger partial charge in [-0.1, -0.05) is 11.3 Å². The molecule has 1 saturated heterocycles. The normalized spacial score (nSPS) is 21.7. The van der Waals surface area contributed by atoms with Crippen molar-refractivity contribution in [2.24, 2.45) is 13.0 Å². The number of pyridine rings is 1. The molecule has 1 unspecified atom stereocenters. The quantitative estimate of drug-likeness (QED) is 0.785. The van der Waals surface area contributed by atoms with Crippen molar-refractivity contribution in [3.05, 3.63) is 41.5 Å². The summed E-state index contributed by atoms with van der Waals surface area (Å²) in [5.41, 5.74) is 3.42. The summed E-state index contributed by atoms with van der Waals surface area (Å²) in [6, 6.07) is 3.99. The Bertz CT molecular complexity index is 699. The van der Waals surface area contributed by atoms with E-state index in [2.05, 4.69) is 20.2 Å². The van der Waals surface area contributed by atoms with Crippen LogP contribution in [0.25, 0.3) is 0 Å². The molecule has 0 aliphatic carbocycles. The number of aryl methyl sites for hydroxylation is 1. The highest BCUT2D eigenvalue weighted by molar-refractivity contribution is 5.19. The molecule has 7 nitrogen and oxygen atoms in total. The first-order valence-electron chi connectivity index (χ1n) is 9.45.